The molecule has 0 aromatic heterocycles. The Hall–Kier alpha value is -1.06. The van der Waals surface area contributed by atoms with Crippen molar-refractivity contribution in [3.8, 4) is 0 Å². The molecule has 0 bridgehead atoms. The van der Waals surface area contributed by atoms with Crippen molar-refractivity contribution in [2.75, 3.05) is 0 Å². The smallest absolute Gasteiger partial charge is 0.403 e. The first-order chi connectivity index (χ1) is 9.23. The van der Waals surface area contributed by atoms with E-state index in [0.717, 1.165) is 6.42 Å². The molecule has 1 aliphatic heterocycles. The maximum atomic E-state index is 6.27. The second kappa shape index (κ2) is 5.05. The van der Waals surface area contributed by atoms with Gasteiger partial charge in [-0.2, -0.15) is 0 Å². The van der Waals surface area contributed by atoms with E-state index in [-0.39, 0.29) is 23.6 Å². The molecule has 1 atom stereocenters. The molecule has 1 aromatic carbocycles. The minimum absolute atomic E-state index is 0.228. The molecule has 20 heavy (non-hydrogen) atoms. The Bertz CT molecular complexity index is 465. The SMILES string of the molecule is C=CC[C@](C)(B1OC(C)(C)C(C)(C)O1)c1ccccc1. The van der Waals surface area contributed by atoms with Crippen molar-refractivity contribution in [1.82, 2.24) is 0 Å². The van der Waals surface area contributed by atoms with Gasteiger partial charge in [-0.3, -0.25) is 0 Å². The summed E-state index contributed by atoms with van der Waals surface area (Å²) in [6.07, 6.45) is 2.76. The zero-order chi connectivity index (χ0) is 15.0. The average molecular weight is 272 g/mol. The van der Waals surface area contributed by atoms with Gasteiger partial charge in [0.25, 0.3) is 0 Å². The molecule has 1 saturated heterocycles. The van der Waals surface area contributed by atoms with Crippen LogP contribution in [0.25, 0.3) is 0 Å². The molecule has 0 amide bonds. The lowest BCUT2D eigenvalue weighted by Gasteiger charge is -2.32. The molecule has 1 fully saturated rings. The van der Waals surface area contributed by atoms with Crippen LogP contribution in [0, 0.1) is 0 Å². The first kappa shape index (κ1) is 15.3. The number of hydrogen-bond donors (Lipinski definition) is 0. The van der Waals surface area contributed by atoms with Gasteiger partial charge in [0.15, 0.2) is 0 Å². The zero-order valence-electron chi connectivity index (χ0n) is 13.3. The summed E-state index contributed by atoms with van der Waals surface area (Å²) in [6.45, 7) is 14.4. The predicted molar refractivity (Wildman–Crippen MR) is 84.7 cm³/mol. The zero-order valence-corrected chi connectivity index (χ0v) is 13.3. The van der Waals surface area contributed by atoms with Crippen LogP contribution in [-0.4, -0.2) is 18.3 Å². The highest BCUT2D eigenvalue weighted by Crippen LogP contribution is 2.44. The predicted octanol–water partition coefficient (Wildman–Crippen LogP) is 4.15. The van der Waals surface area contributed by atoms with Gasteiger partial charge in [0, 0.05) is 5.31 Å². The van der Waals surface area contributed by atoms with Crippen LogP contribution in [0.2, 0.25) is 0 Å². The summed E-state index contributed by atoms with van der Waals surface area (Å²) in [5, 5.41) is -0.228. The van der Waals surface area contributed by atoms with E-state index in [9.17, 15) is 0 Å². The van der Waals surface area contributed by atoms with Crippen LogP contribution < -0.4 is 0 Å². The molecule has 0 aliphatic carbocycles. The number of rotatable bonds is 4. The van der Waals surface area contributed by atoms with E-state index in [1.807, 2.05) is 12.1 Å². The third-order valence-corrected chi connectivity index (χ3v) is 4.78. The van der Waals surface area contributed by atoms with Gasteiger partial charge in [-0.05, 0) is 39.7 Å². The van der Waals surface area contributed by atoms with Crippen LogP contribution in [0.3, 0.4) is 0 Å². The molecule has 0 radical (unpaired) electrons. The fourth-order valence-corrected chi connectivity index (χ4v) is 2.57. The van der Waals surface area contributed by atoms with Crippen molar-refractivity contribution in [3.05, 3.63) is 48.6 Å². The molecular weight excluding hydrogens is 247 g/mol. The fourth-order valence-electron chi connectivity index (χ4n) is 2.57. The van der Waals surface area contributed by atoms with Crippen molar-refractivity contribution in [1.29, 1.82) is 0 Å². The normalized spacial score (nSPS) is 23.4. The van der Waals surface area contributed by atoms with E-state index in [4.69, 9.17) is 9.31 Å². The molecule has 2 nitrogen and oxygen atoms in total. The van der Waals surface area contributed by atoms with Crippen LogP contribution >= 0.6 is 0 Å². The quantitative estimate of drug-likeness (QED) is 0.605. The molecule has 0 unspecified atom stereocenters. The third-order valence-electron chi connectivity index (χ3n) is 4.78. The first-order valence-electron chi connectivity index (χ1n) is 7.25. The Kier molecular flexibility index (Phi) is 3.87. The summed E-state index contributed by atoms with van der Waals surface area (Å²) in [5.74, 6) is 0. The molecule has 2 rings (SSSR count). The highest BCUT2D eigenvalue weighted by Gasteiger charge is 2.57. The molecule has 0 spiro atoms. The van der Waals surface area contributed by atoms with E-state index in [1.165, 1.54) is 5.56 Å². The molecule has 0 N–H and O–H groups in total. The molecule has 108 valence electrons. The lowest BCUT2D eigenvalue weighted by Crippen LogP contribution is -2.43. The minimum Gasteiger partial charge on any atom is -0.403 e. The van der Waals surface area contributed by atoms with Gasteiger partial charge in [0.2, 0.25) is 0 Å². The molecular formula is C17H25BO2. The Morgan fingerprint density at radius 1 is 1.10 bits per heavy atom. The van der Waals surface area contributed by atoms with E-state index in [0.29, 0.717) is 0 Å². The van der Waals surface area contributed by atoms with Crippen molar-refractivity contribution < 1.29 is 9.31 Å². The Morgan fingerprint density at radius 3 is 2.05 bits per heavy atom. The van der Waals surface area contributed by atoms with Gasteiger partial charge in [-0.15, -0.1) is 6.58 Å². The van der Waals surface area contributed by atoms with Crippen LogP contribution in [0.4, 0.5) is 0 Å². The summed E-state index contributed by atoms with van der Waals surface area (Å²) < 4.78 is 12.5. The van der Waals surface area contributed by atoms with E-state index < -0.39 is 0 Å². The van der Waals surface area contributed by atoms with Crippen molar-refractivity contribution >= 4 is 7.12 Å². The fraction of sp³-hybridized carbons (Fsp3) is 0.529. The van der Waals surface area contributed by atoms with E-state index >= 15 is 0 Å². The number of allylic oxidation sites excluding steroid dienone is 1. The highest BCUT2D eigenvalue weighted by atomic mass is 16.7. The van der Waals surface area contributed by atoms with E-state index in [2.05, 4.69) is 65.5 Å². The van der Waals surface area contributed by atoms with Gasteiger partial charge in [0.1, 0.15) is 0 Å². The lowest BCUT2D eigenvalue weighted by molar-refractivity contribution is 0.00578. The highest BCUT2D eigenvalue weighted by molar-refractivity contribution is 6.49. The van der Waals surface area contributed by atoms with Gasteiger partial charge < -0.3 is 9.31 Å². The molecule has 1 aromatic rings. The largest absolute Gasteiger partial charge is 0.469 e. The van der Waals surface area contributed by atoms with Gasteiger partial charge >= 0.3 is 7.12 Å². The van der Waals surface area contributed by atoms with Crippen molar-refractivity contribution in [2.45, 2.75) is 57.6 Å². The molecule has 3 heteroatoms. The monoisotopic (exact) mass is 272 g/mol. The second-order valence-electron chi connectivity index (χ2n) is 6.86. The van der Waals surface area contributed by atoms with Crippen LogP contribution in [0.5, 0.6) is 0 Å². The summed E-state index contributed by atoms with van der Waals surface area (Å²) in [6, 6.07) is 10.4. The van der Waals surface area contributed by atoms with Gasteiger partial charge in [-0.25, -0.2) is 0 Å². The van der Waals surface area contributed by atoms with Crippen molar-refractivity contribution in [3.63, 3.8) is 0 Å². The number of benzene rings is 1. The summed E-state index contributed by atoms with van der Waals surface area (Å²) in [4.78, 5) is 0. The van der Waals surface area contributed by atoms with E-state index in [1.54, 1.807) is 0 Å². The Labute approximate surface area is 123 Å². The lowest BCUT2D eigenvalue weighted by atomic mass is 9.53. The summed E-state index contributed by atoms with van der Waals surface area (Å²) >= 11 is 0. The summed E-state index contributed by atoms with van der Waals surface area (Å²) in [5.41, 5.74) is 0.599. The standard InChI is InChI=1S/C17H25BO2/c1-7-13-17(6,14-11-9-8-10-12-14)18-19-15(2,3)16(4,5)20-18/h7-12H,1,13H2,2-6H3/t17-/m0/s1. The van der Waals surface area contributed by atoms with Gasteiger partial charge in [-0.1, -0.05) is 43.3 Å². The third kappa shape index (κ3) is 2.45. The summed E-state index contributed by atoms with van der Waals surface area (Å²) in [7, 11) is -0.270. The number of hydrogen-bond acceptors (Lipinski definition) is 2. The van der Waals surface area contributed by atoms with Gasteiger partial charge in [0.05, 0.1) is 11.2 Å². The maximum absolute atomic E-state index is 6.27. The van der Waals surface area contributed by atoms with Crippen LogP contribution in [-0.2, 0) is 14.6 Å². The first-order valence-corrected chi connectivity index (χ1v) is 7.25. The topological polar surface area (TPSA) is 18.5 Å². The van der Waals surface area contributed by atoms with Crippen LogP contribution in [0.15, 0.2) is 43.0 Å². The minimum atomic E-state index is -0.311. The molecule has 1 aliphatic rings. The Morgan fingerprint density at radius 2 is 1.60 bits per heavy atom. The Balaban J connectivity index is 2.38. The maximum Gasteiger partial charge on any atom is 0.469 e. The van der Waals surface area contributed by atoms with Crippen molar-refractivity contribution in [2.24, 2.45) is 0 Å². The molecule has 0 saturated carbocycles. The van der Waals surface area contributed by atoms with Crippen LogP contribution in [0.1, 0.15) is 46.6 Å². The average Bonchev–Trinajstić information content (AvgIpc) is 2.60. The molecule has 1 heterocycles. The second-order valence-corrected chi connectivity index (χ2v) is 6.86.